The molecule has 4 rings (SSSR count). The van der Waals surface area contributed by atoms with Crippen LogP contribution in [-0.4, -0.2) is 32.8 Å². The highest BCUT2D eigenvalue weighted by Crippen LogP contribution is 2.30. The summed E-state index contributed by atoms with van der Waals surface area (Å²) in [4.78, 5) is 21.4. The van der Waals surface area contributed by atoms with E-state index in [9.17, 15) is 9.18 Å². The summed E-state index contributed by atoms with van der Waals surface area (Å²) in [6, 6.07) is 11.1. The molecule has 0 unspecified atom stereocenters. The average molecular weight is 495 g/mol. The van der Waals surface area contributed by atoms with Gasteiger partial charge in [-0.2, -0.15) is 5.10 Å². The van der Waals surface area contributed by atoms with E-state index >= 15 is 0 Å². The van der Waals surface area contributed by atoms with Crippen molar-refractivity contribution in [1.29, 1.82) is 0 Å². The molecule has 35 heavy (non-hydrogen) atoms. The number of ether oxygens (including phenoxy) is 1. The van der Waals surface area contributed by atoms with Gasteiger partial charge < -0.3 is 15.4 Å². The molecule has 2 aromatic carbocycles. The second kappa shape index (κ2) is 10.5. The van der Waals surface area contributed by atoms with Crippen LogP contribution in [0.5, 0.6) is 5.75 Å². The Morgan fingerprint density at radius 3 is 2.63 bits per heavy atom. The normalized spacial score (nSPS) is 10.9. The van der Waals surface area contributed by atoms with Gasteiger partial charge in [0.2, 0.25) is 5.95 Å². The Kier molecular flexibility index (Phi) is 7.26. The van der Waals surface area contributed by atoms with Gasteiger partial charge in [0, 0.05) is 29.9 Å². The van der Waals surface area contributed by atoms with Crippen LogP contribution in [0.4, 0.5) is 16.0 Å². The van der Waals surface area contributed by atoms with Gasteiger partial charge in [0.15, 0.2) is 0 Å². The molecule has 2 N–H and O–H groups in total. The summed E-state index contributed by atoms with van der Waals surface area (Å²) in [6.45, 7) is 4.34. The average Bonchev–Trinajstić information content (AvgIpc) is 3.35. The van der Waals surface area contributed by atoms with Crippen LogP contribution in [0.1, 0.15) is 35.8 Å². The van der Waals surface area contributed by atoms with Gasteiger partial charge in [0.25, 0.3) is 5.91 Å². The Balaban J connectivity index is 1.50. The minimum absolute atomic E-state index is 0.206. The molecular formula is C25H24ClFN6O2. The first-order valence-corrected chi connectivity index (χ1v) is 11.3. The number of benzene rings is 2. The van der Waals surface area contributed by atoms with Gasteiger partial charge in [-0.15, -0.1) is 0 Å². The third kappa shape index (κ3) is 5.75. The maximum atomic E-state index is 13.1. The van der Waals surface area contributed by atoms with Gasteiger partial charge in [-0.3, -0.25) is 9.48 Å². The van der Waals surface area contributed by atoms with Crippen LogP contribution < -0.4 is 15.4 Å². The molecule has 0 spiro atoms. The maximum Gasteiger partial charge on any atom is 0.251 e. The fourth-order valence-electron chi connectivity index (χ4n) is 3.32. The molecular weight excluding hydrogens is 471 g/mol. The first kappa shape index (κ1) is 24.2. The highest BCUT2D eigenvalue weighted by atomic mass is 35.5. The van der Waals surface area contributed by atoms with Crippen molar-refractivity contribution in [1.82, 2.24) is 25.1 Å². The number of rotatable bonds is 8. The van der Waals surface area contributed by atoms with E-state index in [-0.39, 0.29) is 24.3 Å². The second-order valence-electron chi connectivity index (χ2n) is 8.04. The summed E-state index contributed by atoms with van der Waals surface area (Å²) in [7, 11) is 1.51. The molecule has 0 radical (unpaired) electrons. The molecule has 2 heterocycles. The van der Waals surface area contributed by atoms with E-state index in [1.807, 2.05) is 24.7 Å². The predicted molar refractivity (Wildman–Crippen MR) is 132 cm³/mol. The van der Waals surface area contributed by atoms with Crippen molar-refractivity contribution in [2.24, 2.45) is 0 Å². The zero-order chi connectivity index (χ0) is 24.9. The molecule has 1 amide bonds. The summed E-state index contributed by atoms with van der Waals surface area (Å²) in [6.07, 6.45) is 5.10. The molecule has 180 valence electrons. The number of hydrogen-bond acceptors (Lipinski definition) is 6. The first-order valence-electron chi connectivity index (χ1n) is 10.9. The molecule has 4 aromatic rings. The fraction of sp³-hybridized carbons (Fsp3) is 0.200. The van der Waals surface area contributed by atoms with Gasteiger partial charge in [-0.1, -0.05) is 23.7 Å². The lowest BCUT2D eigenvalue weighted by Crippen LogP contribution is -2.22. The third-order valence-electron chi connectivity index (χ3n) is 5.22. The van der Waals surface area contributed by atoms with Crippen molar-refractivity contribution in [3.63, 3.8) is 0 Å². The molecule has 0 atom stereocenters. The minimum atomic E-state index is -0.324. The zero-order valence-corrected chi connectivity index (χ0v) is 20.2. The number of amides is 1. The molecule has 0 aliphatic carbocycles. The van der Waals surface area contributed by atoms with Crippen LogP contribution in [-0.2, 0) is 6.54 Å². The number of nitrogens with zero attached hydrogens (tertiary/aromatic N) is 4. The molecule has 0 saturated heterocycles. The van der Waals surface area contributed by atoms with Gasteiger partial charge in [0.1, 0.15) is 11.6 Å². The molecule has 8 nitrogen and oxygen atoms in total. The van der Waals surface area contributed by atoms with Crippen LogP contribution in [0.25, 0.3) is 11.3 Å². The monoisotopic (exact) mass is 494 g/mol. The van der Waals surface area contributed by atoms with E-state index in [2.05, 4.69) is 25.7 Å². The number of halogens is 2. The number of carbonyl (C=O) groups is 1. The summed E-state index contributed by atoms with van der Waals surface area (Å²) in [5, 5.41) is 10.7. The SMILES string of the molecule is COc1cc(C(=O)NCc2ccc(F)cc2)ccc1Nc1ncc(Cl)c(-c2cnn(C(C)C)c2)n1. The van der Waals surface area contributed by atoms with Crippen LogP contribution in [0.2, 0.25) is 5.02 Å². The summed E-state index contributed by atoms with van der Waals surface area (Å²) in [5.41, 5.74) is 3.10. The minimum Gasteiger partial charge on any atom is -0.495 e. The lowest BCUT2D eigenvalue weighted by atomic mass is 10.1. The maximum absolute atomic E-state index is 13.1. The van der Waals surface area contributed by atoms with Crippen molar-refractivity contribution in [3.05, 3.63) is 83.0 Å². The number of carbonyl (C=O) groups excluding carboxylic acids is 1. The first-order chi connectivity index (χ1) is 16.8. The fourth-order valence-corrected chi connectivity index (χ4v) is 3.52. The standard InChI is InChI=1S/C25H24ClFN6O2/c1-15(2)33-14-18(12-30-33)23-20(26)13-29-25(32-23)31-21-9-6-17(10-22(21)35-3)24(34)28-11-16-4-7-19(27)8-5-16/h4-10,12-15H,11H2,1-3H3,(H,28,34)(H,29,31,32). The quantitative estimate of drug-likeness (QED) is 0.341. The Labute approximate surface area is 207 Å². The Bertz CT molecular complexity index is 1340. The van der Waals surface area contributed by atoms with Crippen molar-refractivity contribution in [2.45, 2.75) is 26.4 Å². The van der Waals surface area contributed by atoms with Gasteiger partial charge in [-0.05, 0) is 49.7 Å². The van der Waals surface area contributed by atoms with Crippen molar-refractivity contribution in [2.75, 3.05) is 12.4 Å². The summed E-state index contributed by atoms with van der Waals surface area (Å²) in [5.74, 6) is 0.141. The predicted octanol–water partition coefficient (Wildman–Crippen LogP) is 5.40. The molecule has 0 aliphatic rings. The number of nitrogens with one attached hydrogen (secondary N) is 2. The molecule has 0 aliphatic heterocycles. The van der Waals surface area contributed by atoms with Crippen LogP contribution in [0.3, 0.4) is 0 Å². The zero-order valence-electron chi connectivity index (χ0n) is 19.4. The van der Waals surface area contributed by atoms with E-state index in [0.717, 1.165) is 11.1 Å². The smallest absolute Gasteiger partial charge is 0.251 e. The number of anilines is 2. The highest BCUT2D eigenvalue weighted by Gasteiger charge is 2.14. The Morgan fingerprint density at radius 1 is 1.17 bits per heavy atom. The van der Waals surface area contributed by atoms with Crippen molar-refractivity contribution < 1.29 is 13.9 Å². The van der Waals surface area contributed by atoms with E-state index in [1.54, 1.807) is 36.5 Å². The topological polar surface area (TPSA) is 94.0 Å². The van der Waals surface area contributed by atoms with Gasteiger partial charge in [0.05, 0.1) is 35.9 Å². The van der Waals surface area contributed by atoms with Gasteiger partial charge in [-0.25, -0.2) is 14.4 Å². The Hall–Kier alpha value is -3.98. The summed E-state index contributed by atoms with van der Waals surface area (Å²) < 4.78 is 20.4. The molecule has 0 bridgehead atoms. The largest absolute Gasteiger partial charge is 0.495 e. The van der Waals surface area contributed by atoms with Crippen LogP contribution >= 0.6 is 11.6 Å². The number of methoxy groups -OCH3 is 1. The summed E-state index contributed by atoms with van der Waals surface area (Å²) >= 11 is 6.34. The van der Waals surface area contributed by atoms with Crippen LogP contribution in [0, 0.1) is 5.82 Å². The Morgan fingerprint density at radius 2 is 1.94 bits per heavy atom. The number of hydrogen-bond donors (Lipinski definition) is 2. The van der Waals surface area contributed by atoms with Crippen molar-refractivity contribution >= 4 is 29.1 Å². The molecule has 10 heteroatoms. The molecule has 0 fully saturated rings. The van der Waals surface area contributed by atoms with E-state index in [0.29, 0.717) is 33.7 Å². The lowest BCUT2D eigenvalue weighted by molar-refractivity contribution is 0.0950. The van der Waals surface area contributed by atoms with E-state index < -0.39 is 0 Å². The molecule has 0 saturated carbocycles. The van der Waals surface area contributed by atoms with Gasteiger partial charge >= 0.3 is 0 Å². The lowest BCUT2D eigenvalue weighted by Gasteiger charge is -2.13. The van der Waals surface area contributed by atoms with Crippen molar-refractivity contribution in [3.8, 4) is 17.0 Å². The van der Waals surface area contributed by atoms with E-state index in [1.165, 1.54) is 25.4 Å². The molecule has 2 aromatic heterocycles. The third-order valence-corrected chi connectivity index (χ3v) is 5.50. The second-order valence-corrected chi connectivity index (χ2v) is 8.45. The number of aromatic nitrogens is 4. The van der Waals surface area contributed by atoms with Crippen LogP contribution in [0.15, 0.2) is 61.1 Å². The highest BCUT2D eigenvalue weighted by molar-refractivity contribution is 6.32. The van der Waals surface area contributed by atoms with E-state index in [4.69, 9.17) is 16.3 Å².